The van der Waals surface area contributed by atoms with Gasteiger partial charge in [0, 0.05) is 24.2 Å². The smallest absolute Gasteiger partial charge is 0.292 e. The molecule has 6 rings (SSSR count). The van der Waals surface area contributed by atoms with Crippen LogP contribution in [0.5, 0.6) is 0 Å². The van der Waals surface area contributed by atoms with Crippen LogP contribution in [0, 0.1) is 5.92 Å². The van der Waals surface area contributed by atoms with E-state index in [-0.39, 0.29) is 5.60 Å². The van der Waals surface area contributed by atoms with E-state index in [0.29, 0.717) is 17.9 Å². The van der Waals surface area contributed by atoms with E-state index in [4.69, 9.17) is 4.74 Å². The molecule has 6 nitrogen and oxygen atoms in total. The molecule has 0 radical (unpaired) electrons. The van der Waals surface area contributed by atoms with E-state index in [9.17, 15) is 0 Å². The Morgan fingerprint density at radius 2 is 2.00 bits per heavy atom. The molecule has 1 aromatic heterocycles. The molecule has 3 fully saturated rings. The van der Waals surface area contributed by atoms with Gasteiger partial charge in [-0.1, -0.05) is 30.3 Å². The Kier molecular flexibility index (Phi) is 3.94. The second kappa shape index (κ2) is 6.32. The number of amidine groups is 1. The van der Waals surface area contributed by atoms with Gasteiger partial charge in [0.1, 0.15) is 5.60 Å². The molecule has 5 heterocycles. The maximum Gasteiger partial charge on any atom is 0.292 e. The van der Waals surface area contributed by atoms with Crippen molar-refractivity contribution in [2.75, 3.05) is 31.5 Å². The molecule has 1 spiro atoms. The van der Waals surface area contributed by atoms with Gasteiger partial charge in [-0.3, -0.25) is 10.2 Å². The topological polar surface area (TPSA) is 62.6 Å². The van der Waals surface area contributed by atoms with Crippen molar-refractivity contribution in [2.24, 2.45) is 10.9 Å². The Morgan fingerprint density at radius 3 is 2.73 bits per heavy atom. The summed E-state index contributed by atoms with van der Waals surface area (Å²) >= 11 is 3.54. The fourth-order valence-electron chi connectivity index (χ4n) is 4.27. The Labute approximate surface area is 160 Å². The third kappa shape index (κ3) is 2.79. The summed E-state index contributed by atoms with van der Waals surface area (Å²) < 4.78 is 7.17. The fraction of sp³-hybridized carbons (Fsp3) is 0.421. The number of halogens is 1. The van der Waals surface area contributed by atoms with Crippen LogP contribution in [0.25, 0.3) is 11.3 Å². The van der Waals surface area contributed by atoms with Crippen molar-refractivity contribution in [3.8, 4) is 11.3 Å². The van der Waals surface area contributed by atoms with Crippen LogP contribution in [0.3, 0.4) is 0 Å². The van der Waals surface area contributed by atoms with Gasteiger partial charge in [0.2, 0.25) is 5.95 Å². The molecule has 0 amide bonds. The number of rotatable bonds is 2. The van der Waals surface area contributed by atoms with Crippen LogP contribution >= 0.6 is 15.9 Å². The lowest BCUT2D eigenvalue weighted by Crippen LogP contribution is -2.61. The summed E-state index contributed by atoms with van der Waals surface area (Å²) in [6.07, 6.45) is 4.17. The molecule has 1 N–H and O–H groups in total. The van der Waals surface area contributed by atoms with E-state index in [2.05, 4.69) is 41.1 Å². The van der Waals surface area contributed by atoms with Crippen molar-refractivity contribution in [1.29, 1.82) is 0 Å². The zero-order valence-electron chi connectivity index (χ0n) is 14.4. The van der Waals surface area contributed by atoms with Gasteiger partial charge in [0.15, 0.2) is 0 Å². The Morgan fingerprint density at radius 1 is 1.19 bits per heavy atom. The molecule has 3 saturated heterocycles. The molecule has 134 valence electrons. The fourth-order valence-corrected chi connectivity index (χ4v) is 4.69. The first-order valence-corrected chi connectivity index (χ1v) is 9.82. The Bertz CT molecular complexity index is 850. The molecule has 7 heteroatoms. The molecule has 1 aromatic carbocycles. The molecule has 4 aliphatic heterocycles. The summed E-state index contributed by atoms with van der Waals surface area (Å²) in [5, 5.41) is 3.18. The normalized spacial score (nSPS) is 29.5. The highest BCUT2D eigenvalue weighted by atomic mass is 79.9. The first-order valence-electron chi connectivity index (χ1n) is 9.03. The first kappa shape index (κ1) is 16.2. The summed E-state index contributed by atoms with van der Waals surface area (Å²) in [6, 6.07) is 10.6. The molecule has 26 heavy (non-hydrogen) atoms. The Hall–Kier alpha value is -1.99. The summed E-state index contributed by atoms with van der Waals surface area (Å²) in [5.41, 5.74) is 1.73. The predicted molar refractivity (Wildman–Crippen MR) is 104 cm³/mol. The van der Waals surface area contributed by atoms with Gasteiger partial charge in [-0.2, -0.15) is 0 Å². The van der Waals surface area contributed by atoms with Crippen molar-refractivity contribution < 1.29 is 4.74 Å². The second-order valence-electron chi connectivity index (χ2n) is 7.22. The van der Waals surface area contributed by atoms with E-state index < -0.39 is 0 Å². The maximum absolute atomic E-state index is 6.31. The second-order valence-corrected chi connectivity index (χ2v) is 8.07. The van der Waals surface area contributed by atoms with Crippen LogP contribution in [0.4, 0.5) is 5.95 Å². The van der Waals surface area contributed by atoms with Crippen molar-refractivity contribution in [1.82, 2.24) is 14.9 Å². The number of piperidine rings is 3. The predicted octanol–water partition coefficient (Wildman–Crippen LogP) is 3.17. The van der Waals surface area contributed by atoms with Crippen molar-refractivity contribution >= 4 is 27.9 Å². The van der Waals surface area contributed by atoms with E-state index in [1.54, 1.807) is 6.20 Å². The number of hydrogen-bond donors (Lipinski definition) is 1. The van der Waals surface area contributed by atoms with E-state index in [0.717, 1.165) is 28.8 Å². The Balaban J connectivity index is 1.35. The van der Waals surface area contributed by atoms with Crippen molar-refractivity contribution in [2.45, 2.75) is 18.4 Å². The molecule has 2 aromatic rings. The molecule has 0 unspecified atom stereocenters. The van der Waals surface area contributed by atoms with Crippen LogP contribution in [0.15, 0.2) is 46.0 Å². The van der Waals surface area contributed by atoms with Crippen LogP contribution in [0.1, 0.15) is 12.8 Å². The summed E-state index contributed by atoms with van der Waals surface area (Å²) in [4.78, 5) is 16.1. The van der Waals surface area contributed by atoms with Crippen LogP contribution in [0.2, 0.25) is 0 Å². The number of aromatic nitrogens is 2. The van der Waals surface area contributed by atoms with Crippen molar-refractivity contribution in [3.63, 3.8) is 0 Å². The van der Waals surface area contributed by atoms with Gasteiger partial charge < -0.3 is 4.74 Å². The van der Waals surface area contributed by atoms with E-state index in [1.165, 1.54) is 25.9 Å². The highest BCUT2D eigenvalue weighted by Crippen LogP contribution is 2.40. The standard InChI is InChI=1S/C19H20BrN5O/c20-15-10-21-17(23-16(15)13-4-2-1-3-5-13)24-18-22-11-19(26-18)12-25-8-6-14(19)7-9-25/h1-5,10,14H,6-9,11-12H2,(H,21,22,23,24)/t19-/m0/s1. The molecule has 0 aliphatic carbocycles. The lowest BCUT2D eigenvalue weighted by molar-refractivity contribution is -0.0829. The van der Waals surface area contributed by atoms with E-state index >= 15 is 0 Å². The summed E-state index contributed by atoms with van der Waals surface area (Å²) in [7, 11) is 0. The quantitative estimate of drug-likeness (QED) is 0.818. The summed E-state index contributed by atoms with van der Waals surface area (Å²) in [6.45, 7) is 4.07. The highest BCUT2D eigenvalue weighted by Gasteiger charge is 2.51. The zero-order valence-corrected chi connectivity index (χ0v) is 15.9. The molecule has 4 aliphatic rings. The van der Waals surface area contributed by atoms with Gasteiger partial charge in [0.05, 0.1) is 16.7 Å². The molecule has 0 saturated carbocycles. The minimum Gasteiger partial charge on any atom is -0.455 e. The molecule has 2 bridgehead atoms. The average Bonchev–Trinajstić information content (AvgIpc) is 3.07. The average molecular weight is 414 g/mol. The largest absolute Gasteiger partial charge is 0.455 e. The third-order valence-corrected chi connectivity index (χ3v) is 6.20. The minimum absolute atomic E-state index is 0.156. The number of aliphatic imine (C=N–C) groups is 1. The molecular formula is C19H20BrN5O. The number of ether oxygens (including phenoxy) is 1. The van der Waals surface area contributed by atoms with Crippen LogP contribution < -0.4 is 5.32 Å². The molecule has 1 atom stereocenters. The lowest BCUT2D eigenvalue weighted by atomic mass is 9.75. The van der Waals surface area contributed by atoms with E-state index in [1.807, 2.05) is 30.3 Å². The monoisotopic (exact) mass is 413 g/mol. The van der Waals surface area contributed by atoms with Crippen molar-refractivity contribution in [3.05, 3.63) is 41.0 Å². The highest BCUT2D eigenvalue weighted by molar-refractivity contribution is 9.10. The number of nitrogens with one attached hydrogen (secondary N) is 1. The maximum atomic E-state index is 6.31. The lowest BCUT2D eigenvalue weighted by Gasteiger charge is -2.50. The number of benzene rings is 1. The van der Waals surface area contributed by atoms with Gasteiger partial charge in [-0.25, -0.2) is 15.0 Å². The van der Waals surface area contributed by atoms with Gasteiger partial charge in [0.25, 0.3) is 6.02 Å². The zero-order chi connectivity index (χ0) is 17.6. The first-order chi connectivity index (χ1) is 12.7. The minimum atomic E-state index is -0.156. The third-order valence-electron chi connectivity index (χ3n) is 5.62. The number of anilines is 1. The van der Waals surface area contributed by atoms with Gasteiger partial charge in [-0.05, 0) is 41.9 Å². The molecular weight excluding hydrogens is 394 g/mol. The van der Waals surface area contributed by atoms with Gasteiger partial charge >= 0.3 is 0 Å². The van der Waals surface area contributed by atoms with Crippen LogP contribution in [-0.4, -0.2) is 52.7 Å². The van der Waals surface area contributed by atoms with Gasteiger partial charge in [-0.15, -0.1) is 0 Å². The SMILES string of the molecule is Brc1cnc(NC2=NC[C@@]3(CN4CCC3CC4)O2)nc1-c1ccccc1. The number of fused-ring (bicyclic) bond motifs is 2. The summed E-state index contributed by atoms with van der Waals surface area (Å²) in [5.74, 6) is 1.10. The number of hydrogen-bond acceptors (Lipinski definition) is 6. The number of nitrogens with zero attached hydrogens (tertiary/aromatic N) is 4. The van der Waals surface area contributed by atoms with Crippen LogP contribution in [-0.2, 0) is 4.74 Å².